The molecule has 0 aliphatic heterocycles. The largest absolute Gasteiger partial charge is 0.324 e. The van der Waals surface area contributed by atoms with Crippen LogP contribution in [0.25, 0.3) is 0 Å². The third-order valence-electron chi connectivity index (χ3n) is 3.45. The van der Waals surface area contributed by atoms with Gasteiger partial charge in [-0.15, -0.1) is 12.4 Å². The zero-order valence-corrected chi connectivity index (χ0v) is 11.4. The van der Waals surface area contributed by atoms with Gasteiger partial charge in [0.25, 0.3) is 5.69 Å². The first-order chi connectivity index (χ1) is 8.09. The van der Waals surface area contributed by atoms with Crippen molar-refractivity contribution < 1.29 is 4.92 Å². The third-order valence-corrected chi connectivity index (χ3v) is 3.69. The van der Waals surface area contributed by atoms with Crippen molar-refractivity contribution in [1.29, 1.82) is 0 Å². The Bertz CT molecular complexity index is 434. The van der Waals surface area contributed by atoms with E-state index in [1.54, 1.807) is 6.07 Å². The molecule has 1 aromatic rings. The van der Waals surface area contributed by atoms with E-state index < -0.39 is 0 Å². The Morgan fingerprint density at radius 3 is 2.56 bits per heavy atom. The van der Waals surface area contributed by atoms with Gasteiger partial charge in [0, 0.05) is 22.7 Å². The zero-order chi connectivity index (χ0) is 12.4. The van der Waals surface area contributed by atoms with Gasteiger partial charge in [-0.25, -0.2) is 0 Å². The molecule has 0 saturated heterocycles. The van der Waals surface area contributed by atoms with E-state index >= 15 is 0 Å². The Morgan fingerprint density at radius 1 is 1.39 bits per heavy atom. The monoisotopic (exact) mass is 290 g/mol. The predicted octanol–water partition coefficient (Wildman–Crippen LogP) is 3.86. The van der Waals surface area contributed by atoms with Gasteiger partial charge in [-0.3, -0.25) is 10.1 Å². The lowest BCUT2D eigenvalue weighted by Crippen LogP contribution is -2.20. The first-order valence-electron chi connectivity index (χ1n) is 5.79. The van der Waals surface area contributed by atoms with Crippen molar-refractivity contribution in [3.8, 4) is 0 Å². The molecule has 6 heteroatoms. The molecule has 2 rings (SSSR count). The first-order valence-corrected chi connectivity index (χ1v) is 6.17. The van der Waals surface area contributed by atoms with Crippen LogP contribution in [0.2, 0.25) is 5.02 Å². The number of nitro groups is 1. The van der Waals surface area contributed by atoms with Crippen LogP contribution in [0.4, 0.5) is 5.69 Å². The molecule has 0 radical (unpaired) electrons. The highest BCUT2D eigenvalue weighted by atomic mass is 35.5. The average Bonchev–Trinajstić information content (AvgIpc) is 2.80. The minimum atomic E-state index is -0.388. The van der Waals surface area contributed by atoms with Gasteiger partial charge in [0.2, 0.25) is 0 Å². The van der Waals surface area contributed by atoms with Gasteiger partial charge in [0.15, 0.2) is 0 Å². The van der Waals surface area contributed by atoms with Crippen molar-refractivity contribution in [1.82, 2.24) is 0 Å². The topological polar surface area (TPSA) is 69.2 Å². The molecule has 1 aromatic carbocycles. The van der Waals surface area contributed by atoms with Crippen molar-refractivity contribution in [2.24, 2.45) is 11.7 Å². The molecule has 1 saturated carbocycles. The molecule has 1 atom stereocenters. The predicted molar refractivity (Wildman–Crippen MR) is 74.2 cm³/mol. The van der Waals surface area contributed by atoms with Gasteiger partial charge in [-0.1, -0.05) is 24.4 Å². The molecule has 0 bridgehead atoms. The van der Waals surface area contributed by atoms with Gasteiger partial charge < -0.3 is 5.73 Å². The number of halogens is 2. The molecule has 100 valence electrons. The highest BCUT2D eigenvalue weighted by Gasteiger charge is 2.28. The summed E-state index contributed by atoms with van der Waals surface area (Å²) in [5.74, 6) is 0.340. The molecule has 0 spiro atoms. The summed E-state index contributed by atoms with van der Waals surface area (Å²) in [5.41, 5.74) is 6.79. The van der Waals surface area contributed by atoms with Gasteiger partial charge in [0.1, 0.15) is 0 Å². The van der Waals surface area contributed by atoms with E-state index in [4.69, 9.17) is 17.3 Å². The van der Waals surface area contributed by atoms with E-state index in [2.05, 4.69) is 0 Å². The van der Waals surface area contributed by atoms with Gasteiger partial charge >= 0.3 is 0 Å². The summed E-state index contributed by atoms with van der Waals surface area (Å²) in [6.07, 6.45) is 4.41. The lowest BCUT2D eigenvalue weighted by molar-refractivity contribution is -0.385. The standard InChI is InChI=1S/C12H15ClN2O2.ClH/c13-9-5-6-11(15(16)17)10(7-9)12(14)8-3-1-2-4-8;/h5-8,12H,1-4,14H2;1H/t12-;/m1./s1. The Balaban J connectivity index is 0.00000162. The fourth-order valence-electron chi connectivity index (χ4n) is 2.53. The SMILES string of the molecule is Cl.N[C@@H](c1cc(Cl)ccc1[N+](=O)[O-])C1CCCC1. The Hall–Kier alpha value is -0.840. The second kappa shape index (κ2) is 6.36. The molecule has 0 aromatic heterocycles. The van der Waals surface area contributed by atoms with Crippen LogP contribution in [0, 0.1) is 16.0 Å². The van der Waals surface area contributed by atoms with Crippen molar-refractivity contribution in [3.63, 3.8) is 0 Å². The number of rotatable bonds is 3. The van der Waals surface area contributed by atoms with Crippen LogP contribution < -0.4 is 5.73 Å². The fraction of sp³-hybridized carbons (Fsp3) is 0.500. The number of hydrogen-bond donors (Lipinski definition) is 1. The van der Waals surface area contributed by atoms with Gasteiger partial charge in [0.05, 0.1) is 4.92 Å². The molecule has 1 fully saturated rings. The van der Waals surface area contributed by atoms with Crippen LogP contribution in [0.5, 0.6) is 0 Å². The van der Waals surface area contributed by atoms with E-state index in [-0.39, 0.29) is 29.1 Å². The molecular weight excluding hydrogens is 275 g/mol. The molecule has 2 N–H and O–H groups in total. The molecule has 18 heavy (non-hydrogen) atoms. The number of nitrogens with zero attached hydrogens (tertiary/aromatic N) is 1. The minimum Gasteiger partial charge on any atom is -0.324 e. The number of nitro benzene ring substituents is 1. The molecule has 1 aliphatic rings. The summed E-state index contributed by atoms with van der Waals surface area (Å²) in [6.45, 7) is 0. The fourth-order valence-corrected chi connectivity index (χ4v) is 2.71. The second-order valence-electron chi connectivity index (χ2n) is 4.53. The minimum absolute atomic E-state index is 0. The summed E-state index contributed by atoms with van der Waals surface area (Å²) in [5, 5.41) is 11.5. The third kappa shape index (κ3) is 3.13. The first kappa shape index (κ1) is 15.2. The van der Waals surface area contributed by atoms with Crippen molar-refractivity contribution in [3.05, 3.63) is 38.9 Å². The number of benzene rings is 1. The highest BCUT2D eigenvalue weighted by molar-refractivity contribution is 6.30. The molecule has 0 unspecified atom stereocenters. The summed E-state index contributed by atoms with van der Waals surface area (Å²) in [6, 6.07) is 4.32. The van der Waals surface area contributed by atoms with Gasteiger partial charge in [-0.05, 0) is 30.9 Å². The quantitative estimate of drug-likeness (QED) is 0.679. The maximum atomic E-state index is 11.0. The van der Waals surface area contributed by atoms with Crippen LogP contribution in [-0.2, 0) is 0 Å². The normalized spacial score (nSPS) is 17.2. The second-order valence-corrected chi connectivity index (χ2v) is 4.97. The van der Waals surface area contributed by atoms with Crippen molar-refractivity contribution >= 4 is 29.7 Å². The molecular formula is C12H16Cl2N2O2. The molecule has 1 aliphatic carbocycles. The lowest BCUT2D eigenvalue weighted by Gasteiger charge is -2.19. The number of nitrogens with two attached hydrogens (primary N) is 1. The van der Waals surface area contributed by atoms with Crippen LogP contribution in [0.15, 0.2) is 18.2 Å². The summed E-state index contributed by atoms with van der Waals surface area (Å²) in [4.78, 5) is 10.6. The molecule has 0 amide bonds. The van der Waals surface area contributed by atoms with Crippen LogP contribution in [0.3, 0.4) is 0 Å². The Kier molecular flexibility index (Phi) is 5.38. The number of hydrogen-bond acceptors (Lipinski definition) is 3. The zero-order valence-electron chi connectivity index (χ0n) is 9.84. The van der Waals surface area contributed by atoms with Crippen LogP contribution in [-0.4, -0.2) is 4.92 Å². The van der Waals surface area contributed by atoms with Gasteiger partial charge in [-0.2, -0.15) is 0 Å². The van der Waals surface area contributed by atoms with E-state index in [0.29, 0.717) is 16.5 Å². The lowest BCUT2D eigenvalue weighted by atomic mass is 9.91. The van der Waals surface area contributed by atoms with Crippen LogP contribution in [0.1, 0.15) is 37.3 Å². The van der Waals surface area contributed by atoms with E-state index in [1.807, 2.05) is 0 Å². The molecule has 4 nitrogen and oxygen atoms in total. The highest BCUT2D eigenvalue weighted by Crippen LogP contribution is 2.38. The van der Waals surface area contributed by atoms with E-state index in [0.717, 1.165) is 25.7 Å². The maximum absolute atomic E-state index is 11.0. The average molecular weight is 291 g/mol. The summed E-state index contributed by atoms with van der Waals surface area (Å²) >= 11 is 5.89. The Labute approximate surface area is 117 Å². The molecule has 0 heterocycles. The Morgan fingerprint density at radius 2 is 2.00 bits per heavy atom. The summed E-state index contributed by atoms with van der Waals surface area (Å²) < 4.78 is 0. The van der Waals surface area contributed by atoms with E-state index in [9.17, 15) is 10.1 Å². The van der Waals surface area contributed by atoms with Crippen molar-refractivity contribution in [2.45, 2.75) is 31.7 Å². The van der Waals surface area contributed by atoms with E-state index in [1.165, 1.54) is 12.1 Å². The smallest absolute Gasteiger partial charge is 0.274 e. The summed E-state index contributed by atoms with van der Waals surface area (Å²) in [7, 11) is 0. The van der Waals surface area contributed by atoms with Crippen LogP contribution >= 0.6 is 24.0 Å². The maximum Gasteiger partial charge on any atom is 0.274 e. The van der Waals surface area contributed by atoms with Crippen molar-refractivity contribution in [2.75, 3.05) is 0 Å².